The summed E-state index contributed by atoms with van der Waals surface area (Å²) in [4.78, 5) is 0. The molecule has 20 heavy (non-hydrogen) atoms. The Bertz CT molecular complexity index is 597. The van der Waals surface area contributed by atoms with Crippen molar-refractivity contribution in [3.8, 4) is 0 Å². The SMILES string of the molecule is CNC(C(F)(F)F)C(O)(CF)c1ccc2ccsc2c1. The third-order valence-electron chi connectivity index (χ3n) is 3.25. The summed E-state index contributed by atoms with van der Waals surface area (Å²) in [6, 6.07) is 3.72. The summed E-state index contributed by atoms with van der Waals surface area (Å²) in [5.74, 6) is 0. The Balaban J connectivity index is 2.53. The molecule has 0 spiro atoms. The zero-order valence-electron chi connectivity index (χ0n) is 10.5. The Labute approximate surface area is 117 Å². The van der Waals surface area contributed by atoms with Crippen molar-refractivity contribution in [2.75, 3.05) is 13.7 Å². The number of rotatable bonds is 4. The fourth-order valence-electron chi connectivity index (χ4n) is 2.22. The maximum Gasteiger partial charge on any atom is 0.407 e. The summed E-state index contributed by atoms with van der Waals surface area (Å²) in [6.07, 6.45) is -4.76. The van der Waals surface area contributed by atoms with E-state index in [4.69, 9.17) is 0 Å². The largest absolute Gasteiger partial charge is 0.407 e. The molecule has 0 saturated heterocycles. The van der Waals surface area contributed by atoms with Gasteiger partial charge in [-0.15, -0.1) is 11.3 Å². The predicted octanol–water partition coefficient (Wildman–Crippen LogP) is 3.21. The molecule has 0 aliphatic heterocycles. The van der Waals surface area contributed by atoms with Crippen LogP contribution in [-0.4, -0.2) is 31.0 Å². The van der Waals surface area contributed by atoms with Gasteiger partial charge in [0.05, 0.1) is 0 Å². The molecular formula is C13H13F4NOS. The van der Waals surface area contributed by atoms with E-state index >= 15 is 0 Å². The van der Waals surface area contributed by atoms with Gasteiger partial charge in [0, 0.05) is 4.70 Å². The molecule has 2 atom stereocenters. The van der Waals surface area contributed by atoms with Gasteiger partial charge in [0.1, 0.15) is 18.3 Å². The van der Waals surface area contributed by atoms with E-state index in [1.165, 1.54) is 23.5 Å². The number of benzene rings is 1. The Morgan fingerprint density at radius 3 is 2.55 bits per heavy atom. The first kappa shape index (κ1) is 15.2. The molecule has 1 heterocycles. The number of nitrogens with one attached hydrogen (secondary N) is 1. The first-order valence-electron chi connectivity index (χ1n) is 5.83. The monoisotopic (exact) mass is 307 g/mol. The summed E-state index contributed by atoms with van der Waals surface area (Å²) < 4.78 is 52.8. The highest BCUT2D eigenvalue weighted by molar-refractivity contribution is 7.17. The average Bonchev–Trinajstić information content (AvgIpc) is 2.84. The number of aliphatic hydroxyl groups is 1. The van der Waals surface area contributed by atoms with E-state index in [1.54, 1.807) is 17.5 Å². The van der Waals surface area contributed by atoms with Gasteiger partial charge in [-0.3, -0.25) is 0 Å². The van der Waals surface area contributed by atoms with Gasteiger partial charge >= 0.3 is 6.18 Å². The lowest BCUT2D eigenvalue weighted by atomic mass is 9.86. The van der Waals surface area contributed by atoms with Crippen LogP contribution in [0.4, 0.5) is 17.6 Å². The van der Waals surface area contributed by atoms with Crippen LogP contribution in [0.3, 0.4) is 0 Å². The van der Waals surface area contributed by atoms with E-state index in [0.29, 0.717) is 4.70 Å². The summed E-state index contributed by atoms with van der Waals surface area (Å²) in [5, 5.41) is 14.8. The molecule has 0 amide bonds. The second-order valence-electron chi connectivity index (χ2n) is 4.49. The molecule has 0 bridgehead atoms. The van der Waals surface area contributed by atoms with Gasteiger partial charge in [0.25, 0.3) is 0 Å². The molecule has 1 aromatic carbocycles. The number of hydrogen-bond donors (Lipinski definition) is 2. The zero-order chi connectivity index (χ0) is 15.0. The van der Waals surface area contributed by atoms with Crippen LogP contribution >= 0.6 is 11.3 Å². The summed E-state index contributed by atoms with van der Waals surface area (Å²) in [6.45, 7) is -1.53. The van der Waals surface area contributed by atoms with E-state index in [2.05, 4.69) is 0 Å². The average molecular weight is 307 g/mol. The van der Waals surface area contributed by atoms with Crippen LogP contribution < -0.4 is 5.32 Å². The number of thiophene rings is 1. The van der Waals surface area contributed by atoms with Gasteiger partial charge < -0.3 is 10.4 Å². The number of likely N-dealkylation sites (N-methyl/N-ethyl adjacent to an activating group) is 1. The van der Waals surface area contributed by atoms with Crippen molar-refractivity contribution in [1.29, 1.82) is 0 Å². The fraction of sp³-hybridized carbons (Fsp3) is 0.385. The number of fused-ring (bicyclic) bond motifs is 1. The Kier molecular flexibility index (Phi) is 4.04. The molecule has 0 fully saturated rings. The highest BCUT2D eigenvalue weighted by Crippen LogP contribution is 2.37. The minimum atomic E-state index is -4.76. The van der Waals surface area contributed by atoms with Gasteiger partial charge in [-0.1, -0.05) is 12.1 Å². The van der Waals surface area contributed by atoms with Crippen molar-refractivity contribution in [3.05, 3.63) is 35.2 Å². The topological polar surface area (TPSA) is 32.3 Å². The van der Waals surface area contributed by atoms with E-state index in [1.807, 2.05) is 5.32 Å². The third kappa shape index (κ3) is 2.53. The number of hydrogen-bond acceptors (Lipinski definition) is 3. The van der Waals surface area contributed by atoms with Gasteiger partial charge in [0.15, 0.2) is 0 Å². The molecule has 2 unspecified atom stereocenters. The van der Waals surface area contributed by atoms with E-state index in [-0.39, 0.29) is 5.56 Å². The minimum Gasteiger partial charge on any atom is -0.380 e. The van der Waals surface area contributed by atoms with Crippen molar-refractivity contribution in [2.45, 2.75) is 17.8 Å². The van der Waals surface area contributed by atoms with Crippen LogP contribution in [-0.2, 0) is 5.60 Å². The maximum atomic E-state index is 13.2. The summed E-state index contributed by atoms with van der Waals surface area (Å²) in [7, 11) is 1.04. The lowest BCUT2D eigenvalue weighted by molar-refractivity contribution is -0.207. The van der Waals surface area contributed by atoms with Crippen LogP contribution in [0, 0.1) is 0 Å². The van der Waals surface area contributed by atoms with Crippen molar-refractivity contribution in [1.82, 2.24) is 5.32 Å². The quantitative estimate of drug-likeness (QED) is 0.850. The molecular weight excluding hydrogens is 294 g/mol. The molecule has 2 rings (SSSR count). The van der Waals surface area contributed by atoms with Crippen LogP contribution in [0.5, 0.6) is 0 Å². The van der Waals surface area contributed by atoms with E-state index in [0.717, 1.165) is 12.4 Å². The van der Waals surface area contributed by atoms with E-state index in [9.17, 15) is 22.7 Å². The molecule has 0 aliphatic rings. The predicted molar refractivity (Wildman–Crippen MR) is 70.6 cm³/mol. The van der Waals surface area contributed by atoms with Crippen molar-refractivity contribution < 1.29 is 22.7 Å². The molecule has 110 valence electrons. The molecule has 2 aromatic rings. The Hall–Kier alpha value is -1.18. The van der Waals surface area contributed by atoms with Crippen LogP contribution in [0.25, 0.3) is 10.1 Å². The van der Waals surface area contributed by atoms with Crippen molar-refractivity contribution in [3.63, 3.8) is 0 Å². The molecule has 2 N–H and O–H groups in total. The molecule has 1 aromatic heterocycles. The first-order chi connectivity index (χ1) is 9.32. The van der Waals surface area contributed by atoms with Crippen molar-refractivity contribution >= 4 is 21.4 Å². The van der Waals surface area contributed by atoms with E-state index < -0.39 is 24.5 Å². The van der Waals surface area contributed by atoms with Crippen LogP contribution in [0.2, 0.25) is 0 Å². The molecule has 0 aliphatic carbocycles. The lowest BCUT2D eigenvalue weighted by Crippen LogP contribution is -2.57. The third-order valence-corrected chi connectivity index (χ3v) is 4.13. The summed E-state index contributed by atoms with van der Waals surface area (Å²) in [5.41, 5.74) is -2.74. The number of alkyl halides is 4. The number of halogens is 4. The lowest BCUT2D eigenvalue weighted by Gasteiger charge is -2.35. The second-order valence-corrected chi connectivity index (χ2v) is 5.44. The first-order valence-corrected chi connectivity index (χ1v) is 6.71. The maximum absolute atomic E-state index is 13.2. The zero-order valence-corrected chi connectivity index (χ0v) is 11.4. The van der Waals surface area contributed by atoms with Gasteiger partial charge in [0.2, 0.25) is 0 Å². The van der Waals surface area contributed by atoms with Crippen molar-refractivity contribution in [2.24, 2.45) is 0 Å². The van der Waals surface area contributed by atoms with Gasteiger partial charge in [-0.05, 0) is 35.5 Å². The standard InChI is InChI=1S/C13H13F4NOS/c1-18-11(13(15,16)17)12(19,7-14)9-3-2-8-4-5-20-10(8)6-9/h2-6,11,18-19H,7H2,1H3. The van der Waals surface area contributed by atoms with Crippen LogP contribution in [0.1, 0.15) is 5.56 Å². The normalized spacial score (nSPS) is 17.1. The molecule has 0 radical (unpaired) electrons. The Morgan fingerprint density at radius 1 is 1.30 bits per heavy atom. The van der Waals surface area contributed by atoms with Gasteiger partial charge in [-0.2, -0.15) is 13.2 Å². The molecule has 2 nitrogen and oxygen atoms in total. The molecule has 7 heteroatoms. The fourth-order valence-corrected chi connectivity index (χ4v) is 3.05. The summed E-state index contributed by atoms with van der Waals surface area (Å²) >= 11 is 1.32. The highest BCUT2D eigenvalue weighted by Gasteiger charge is 2.53. The molecule has 0 saturated carbocycles. The second kappa shape index (κ2) is 5.31. The highest BCUT2D eigenvalue weighted by atomic mass is 32.1. The smallest absolute Gasteiger partial charge is 0.380 e. The van der Waals surface area contributed by atoms with Crippen LogP contribution in [0.15, 0.2) is 29.6 Å². The Morgan fingerprint density at radius 2 is 2.00 bits per heavy atom. The van der Waals surface area contributed by atoms with Gasteiger partial charge in [-0.25, -0.2) is 4.39 Å². The minimum absolute atomic E-state index is 0.0911.